The van der Waals surface area contributed by atoms with Crippen molar-refractivity contribution < 1.29 is 24.2 Å². The Balaban J connectivity index is 2.05. The number of aliphatic hydroxyl groups is 1. The van der Waals surface area contributed by atoms with Crippen LogP contribution in [0.25, 0.3) is 0 Å². The Bertz CT molecular complexity index is 553. The van der Waals surface area contributed by atoms with Gasteiger partial charge in [0.15, 0.2) is 0 Å². The van der Waals surface area contributed by atoms with E-state index in [9.17, 15) is 14.7 Å². The van der Waals surface area contributed by atoms with Gasteiger partial charge in [-0.25, -0.2) is 9.59 Å². The summed E-state index contributed by atoms with van der Waals surface area (Å²) in [5, 5.41) is 9.80. The maximum Gasteiger partial charge on any atom is 0.338 e. The second-order valence-corrected chi connectivity index (χ2v) is 5.95. The lowest BCUT2D eigenvalue weighted by atomic mass is 9.73. The molecular weight excluding hydrogens is 260 g/mol. The smallest absolute Gasteiger partial charge is 0.338 e. The highest BCUT2D eigenvalue weighted by Gasteiger charge is 2.55. The molecule has 0 aromatic heterocycles. The minimum absolute atomic E-state index is 0.0593. The molecule has 0 aromatic carbocycles. The summed E-state index contributed by atoms with van der Waals surface area (Å²) in [7, 11) is 0. The fraction of sp³-hybridized carbons (Fsp3) is 0.600. The van der Waals surface area contributed by atoms with Crippen LogP contribution in [0, 0.1) is 5.41 Å². The van der Waals surface area contributed by atoms with Gasteiger partial charge >= 0.3 is 11.9 Å². The quantitative estimate of drug-likeness (QED) is 0.452. The van der Waals surface area contributed by atoms with Crippen LogP contribution in [-0.2, 0) is 19.1 Å². The average molecular weight is 278 g/mol. The van der Waals surface area contributed by atoms with Gasteiger partial charge in [0.05, 0.1) is 11.0 Å². The van der Waals surface area contributed by atoms with Crippen LogP contribution in [0.15, 0.2) is 22.5 Å². The normalized spacial score (nSPS) is 35.8. The number of ether oxygens (including phenoxy) is 2. The van der Waals surface area contributed by atoms with E-state index in [1.54, 1.807) is 0 Å². The van der Waals surface area contributed by atoms with Gasteiger partial charge < -0.3 is 14.6 Å². The third-order valence-corrected chi connectivity index (χ3v) is 4.52. The van der Waals surface area contributed by atoms with Gasteiger partial charge in [-0.2, -0.15) is 0 Å². The van der Waals surface area contributed by atoms with Crippen LogP contribution < -0.4 is 0 Å². The molecule has 2 aliphatic heterocycles. The lowest BCUT2D eigenvalue weighted by Crippen LogP contribution is -2.37. The molecule has 5 nitrogen and oxygen atoms in total. The fourth-order valence-electron chi connectivity index (χ4n) is 3.58. The standard InChI is InChI=1S/C15H18O5/c1-8(16)11-14(18)19-7-15(11,2)12-9-5-3-4-6-10(9)13(17)20-12/h12,16H,3-7H2,1-2H3/b11-8+/t12?,15-/m1/s1. The Kier molecular flexibility index (Phi) is 2.88. The van der Waals surface area contributed by atoms with Crippen molar-refractivity contribution in [1.82, 2.24) is 0 Å². The number of carbonyl (C=O) groups excluding carboxylic acids is 2. The van der Waals surface area contributed by atoms with E-state index in [-0.39, 0.29) is 23.9 Å². The van der Waals surface area contributed by atoms with E-state index in [1.807, 2.05) is 6.92 Å². The summed E-state index contributed by atoms with van der Waals surface area (Å²) < 4.78 is 10.6. The summed E-state index contributed by atoms with van der Waals surface area (Å²) >= 11 is 0. The topological polar surface area (TPSA) is 72.8 Å². The molecule has 1 fully saturated rings. The Morgan fingerprint density at radius 2 is 1.95 bits per heavy atom. The number of hydrogen-bond acceptors (Lipinski definition) is 5. The van der Waals surface area contributed by atoms with Crippen LogP contribution in [0.3, 0.4) is 0 Å². The van der Waals surface area contributed by atoms with Gasteiger partial charge in [-0.05, 0) is 45.1 Å². The first-order valence-corrected chi connectivity index (χ1v) is 6.95. The zero-order chi connectivity index (χ0) is 14.5. The Morgan fingerprint density at radius 3 is 2.65 bits per heavy atom. The minimum atomic E-state index is -0.792. The van der Waals surface area contributed by atoms with Crippen molar-refractivity contribution in [1.29, 1.82) is 0 Å². The Labute approximate surface area is 117 Å². The van der Waals surface area contributed by atoms with Crippen LogP contribution >= 0.6 is 0 Å². The van der Waals surface area contributed by atoms with Gasteiger partial charge in [-0.1, -0.05) is 0 Å². The molecule has 0 saturated carbocycles. The molecule has 0 spiro atoms. The summed E-state index contributed by atoms with van der Waals surface area (Å²) in [6, 6.07) is 0. The number of esters is 2. The molecule has 0 aromatic rings. The second kappa shape index (κ2) is 4.36. The van der Waals surface area contributed by atoms with Crippen LogP contribution in [0.4, 0.5) is 0 Å². The van der Waals surface area contributed by atoms with Gasteiger partial charge in [0, 0.05) is 5.57 Å². The van der Waals surface area contributed by atoms with Crippen molar-refractivity contribution in [2.24, 2.45) is 5.41 Å². The Hall–Kier alpha value is -1.78. The van der Waals surface area contributed by atoms with E-state index >= 15 is 0 Å². The highest BCUT2D eigenvalue weighted by atomic mass is 16.6. The zero-order valence-electron chi connectivity index (χ0n) is 11.7. The first kappa shape index (κ1) is 13.2. The van der Waals surface area contributed by atoms with Crippen molar-refractivity contribution in [3.05, 3.63) is 22.5 Å². The van der Waals surface area contributed by atoms with E-state index in [2.05, 4.69) is 0 Å². The lowest BCUT2D eigenvalue weighted by Gasteiger charge is -2.31. The molecule has 3 rings (SSSR count). The molecule has 0 radical (unpaired) electrons. The highest BCUT2D eigenvalue weighted by molar-refractivity contribution is 5.95. The summed E-state index contributed by atoms with van der Waals surface area (Å²) in [6.45, 7) is 3.41. The summed E-state index contributed by atoms with van der Waals surface area (Å²) in [5.74, 6) is -0.857. The van der Waals surface area contributed by atoms with Gasteiger partial charge in [0.25, 0.3) is 0 Å². The first-order valence-electron chi connectivity index (χ1n) is 6.95. The lowest BCUT2D eigenvalue weighted by molar-refractivity contribution is -0.143. The van der Waals surface area contributed by atoms with Crippen molar-refractivity contribution >= 4 is 11.9 Å². The zero-order valence-corrected chi connectivity index (χ0v) is 11.7. The number of rotatable bonds is 1. The molecule has 1 aliphatic carbocycles. The molecule has 3 aliphatic rings. The third kappa shape index (κ3) is 1.69. The maximum absolute atomic E-state index is 12.0. The van der Waals surface area contributed by atoms with Crippen molar-refractivity contribution in [2.45, 2.75) is 45.6 Å². The van der Waals surface area contributed by atoms with E-state index in [1.165, 1.54) is 6.92 Å². The van der Waals surface area contributed by atoms with Crippen molar-refractivity contribution in [3.8, 4) is 0 Å². The van der Waals surface area contributed by atoms with Crippen LogP contribution in [0.1, 0.15) is 39.5 Å². The maximum atomic E-state index is 12.0. The summed E-state index contributed by atoms with van der Waals surface area (Å²) in [6.07, 6.45) is 3.08. The van der Waals surface area contributed by atoms with Gasteiger partial charge in [-0.3, -0.25) is 0 Å². The predicted molar refractivity (Wildman–Crippen MR) is 69.8 cm³/mol. The molecule has 5 heteroatoms. The van der Waals surface area contributed by atoms with E-state index in [0.29, 0.717) is 0 Å². The fourth-order valence-corrected chi connectivity index (χ4v) is 3.58. The van der Waals surface area contributed by atoms with Crippen molar-refractivity contribution in [3.63, 3.8) is 0 Å². The minimum Gasteiger partial charge on any atom is -0.512 e. The predicted octanol–water partition coefficient (Wildman–Crippen LogP) is 2.18. The largest absolute Gasteiger partial charge is 0.512 e. The molecule has 2 heterocycles. The molecule has 1 unspecified atom stereocenters. The van der Waals surface area contributed by atoms with Crippen LogP contribution in [0.5, 0.6) is 0 Å². The van der Waals surface area contributed by atoms with Gasteiger partial charge in [0.1, 0.15) is 18.5 Å². The van der Waals surface area contributed by atoms with E-state index < -0.39 is 17.5 Å². The molecule has 1 N–H and O–H groups in total. The molecule has 2 atom stereocenters. The van der Waals surface area contributed by atoms with Crippen molar-refractivity contribution in [2.75, 3.05) is 6.61 Å². The molecular formula is C15H18O5. The van der Waals surface area contributed by atoms with Crippen LogP contribution in [0.2, 0.25) is 0 Å². The van der Waals surface area contributed by atoms with Crippen LogP contribution in [-0.4, -0.2) is 29.8 Å². The first-order chi connectivity index (χ1) is 9.45. The molecule has 108 valence electrons. The molecule has 0 bridgehead atoms. The number of cyclic esters (lactones) is 2. The number of hydrogen-bond donors (Lipinski definition) is 1. The van der Waals surface area contributed by atoms with Gasteiger partial charge in [0.2, 0.25) is 0 Å². The van der Waals surface area contributed by atoms with E-state index in [0.717, 1.165) is 36.8 Å². The number of aliphatic hydroxyl groups excluding tert-OH is 1. The monoisotopic (exact) mass is 278 g/mol. The molecule has 1 saturated heterocycles. The SMILES string of the molecule is C/C(O)=C1/C(=O)OC[C@@]1(C)C1OC(=O)C2=C1CCCC2. The Morgan fingerprint density at radius 1 is 1.25 bits per heavy atom. The highest BCUT2D eigenvalue weighted by Crippen LogP contribution is 2.48. The summed E-state index contributed by atoms with van der Waals surface area (Å²) in [4.78, 5) is 23.8. The number of carbonyl (C=O) groups is 2. The number of allylic oxidation sites excluding steroid dienone is 1. The third-order valence-electron chi connectivity index (χ3n) is 4.52. The molecule has 20 heavy (non-hydrogen) atoms. The van der Waals surface area contributed by atoms with E-state index in [4.69, 9.17) is 9.47 Å². The van der Waals surface area contributed by atoms with Gasteiger partial charge in [-0.15, -0.1) is 0 Å². The summed E-state index contributed by atoms with van der Waals surface area (Å²) in [5.41, 5.74) is 1.19. The molecule has 0 amide bonds. The second-order valence-electron chi connectivity index (χ2n) is 5.95. The average Bonchev–Trinajstić information content (AvgIpc) is 2.90.